The molecule has 1 saturated carbocycles. The van der Waals surface area contributed by atoms with E-state index < -0.39 is 17.9 Å². The highest BCUT2D eigenvalue weighted by atomic mass is 32.2. The number of aliphatic carboxylic acids is 1. The standard InChI is InChI=1S/C30H41NO5S/c1-21-9-7-8-12-25(21)27-18-23(19-36-24(20-35-2)17-22-10-5-4-6-11-22)13-14-26(27)29(32)31-28(30(33)34)15-16-37-3/h7-9,12-14,18,22,24,28H,4-6,10-11,15-17,19-20H2,1-3H3,(H,31,32)(H,33,34)/p-1/t24-,28-/m0/s1. The number of rotatable bonds is 14. The molecule has 0 radical (unpaired) electrons. The fourth-order valence-electron chi connectivity index (χ4n) is 5.08. The Morgan fingerprint density at radius 2 is 1.86 bits per heavy atom. The first kappa shape index (κ1) is 29.2. The molecule has 2 aromatic carbocycles. The molecule has 1 aliphatic carbocycles. The maximum Gasteiger partial charge on any atom is 0.252 e. The molecule has 0 heterocycles. The van der Waals surface area contributed by atoms with Crippen LogP contribution in [0.1, 0.15) is 66.4 Å². The monoisotopic (exact) mass is 526 g/mol. The van der Waals surface area contributed by atoms with Crippen molar-refractivity contribution in [1.82, 2.24) is 5.32 Å². The number of carboxylic acids is 1. The number of carboxylic acid groups (broad SMARTS) is 1. The number of hydrogen-bond donors (Lipinski definition) is 1. The largest absolute Gasteiger partial charge is 0.548 e. The molecule has 202 valence electrons. The van der Waals surface area contributed by atoms with E-state index in [1.807, 2.05) is 49.6 Å². The fraction of sp³-hybridized carbons (Fsp3) is 0.533. The zero-order chi connectivity index (χ0) is 26.6. The minimum atomic E-state index is -1.27. The van der Waals surface area contributed by atoms with E-state index in [2.05, 4.69) is 5.32 Å². The second-order valence-electron chi connectivity index (χ2n) is 9.95. The molecule has 0 unspecified atom stereocenters. The SMILES string of the molecule is COC[C@H](CC1CCCCC1)OCc1ccc(C(=O)N[C@@H](CCSC)C(=O)[O-])c(-c2ccccc2C)c1. The predicted molar refractivity (Wildman–Crippen MR) is 148 cm³/mol. The van der Waals surface area contributed by atoms with Crippen molar-refractivity contribution >= 4 is 23.6 Å². The van der Waals surface area contributed by atoms with Gasteiger partial charge < -0.3 is 24.7 Å². The number of carbonyl (C=O) groups is 2. The van der Waals surface area contributed by atoms with Crippen LogP contribution in [0, 0.1) is 12.8 Å². The smallest absolute Gasteiger partial charge is 0.252 e. The van der Waals surface area contributed by atoms with Crippen LogP contribution in [-0.2, 0) is 20.9 Å². The molecule has 0 saturated heterocycles. The molecule has 1 amide bonds. The molecule has 2 atom stereocenters. The number of methoxy groups -OCH3 is 1. The Hall–Kier alpha value is -2.35. The lowest BCUT2D eigenvalue weighted by Crippen LogP contribution is -2.48. The second-order valence-corrected chi connectivity index (χ2v) is 10.9. The Bertz CT molecular complexity index is 1020. The summed E-state index contributed by atoms with van der Waals surface area (Å²) in [6, 6.07) is 12.5. The molecule has 2 aromatic rings. The number of hydrogen-bond acceptors (Lipinski definition) is 6. The summed E-state index contributed by atoms with van der Waals surface area (Å²) in [5, 5.41) is 14.3. The second kappa shape index (κ2) is 15.2. The highest BCUT2D eigenvalue weighted by molar-refractivity contribution is 7.98. The third-order valence-electron chi connectivity index (χ3n) is 7.12. The first-order valence-corrected chi connectivity index (χ1v) is 14.6. The van der Waals surface area contributed by atoms with Crippen LogP contribution in [0.15, 0.2) is 42.5 Å². The number of thioether (sulfide) groups is 1. The maximum absolute atomic E-state index is 13.3. The van der Waals surface area contributed by atoms with Gasteiger partial charge in [-0.3, -0.25) is 4.79 Å². The van der Waals surface area contributed by atoms with Gasteiger partial charge in [-0.1, -0.05) is 62.4 Å². The molecule has 6 nitrogen and oxygen atoms in total. The molecule has 1 fully saturated rings. The van der Waals surface area contributed by atoms with Gasteiger partial charge in [-0.25, -0.2) is 0 Å². The molecule has 3 rings (SSSR count). The Morgan fingerprint density at radius 1 is 1.11 bits per heavy atom. The number of benzene rings is 2. The van der Waals surface area contributed by atoms with Gasteiger partial charge in [0.1, 0.15) is 0 Å². The molecule has 7 heteroatoms. The Balaban J connectivity index is 1.82. The minimum Gasteiger partial charge on any atom is -0.548 e. The number of aryl methyl sites for hydroxylation is 1. The quantitative estimate of drug-likeness (QED) is 0.382. The summed E-state index contributed by atoms with van der Waals surface area (Å²) in [7, 11) is 1.71. The highest BCUT2D eigenvalue weighted by Gasteiger charge is 2.22. The Morgan fingerprint density at radius 3 is 2.54 bits per heavy atom. The number of ether oxygens (including phenoxy) is 2. The van der Waals surface area contributed by atoms with Gasteiger partial charge >= 0.3 is 0 Å². The van der Waals surface area contributed by atoms with Crippen molar-refractivity contribution in [3.8, 4) is 11.1 Å². The van der Waals surface area contributed by atoms with Gasteiger partial charge in [0, 0.05) is 12.7 Å². The van der Waals surface area contributed by atoms with Crippen molar-refractivity contribution in [2.45, 2.75) is 70.6 Å². The van der Waals surface area contributed by atoms with Crippen molar-refractivity contribution in [3.63, 3.8) is 0 Å². The number of carbonyl (C=O) groups excluding carboxylic acids is 2. The molecule has 0 aromatic heterocycles. The molecule has 0 spiro atoms. The molecule has 0 bridgehead atoms. The molecule has 0 aliphatic heterocycles. The summed E-state index contributed by atoms with van der Waals surface area (Å²) in [4.78, 5) is 24.9. The van der Waals surface area contributed by atoms with Crippen LogP contribution < -0.4 is 10.4 Å². The van der Waals surface area contributed by atoms with Gasteiger partial charge in [-0.05, 0) is 72.1 Å². The summed E-state index contributed by atoms with van der Waals surface area (Å²) in [6.45, 7) is 2.97. The van der Waals surface area contributed by atoms with Gasteiger partial charge in [0.2, 0.25) is 0 Å². The highest BCUT2D eigenvalue weighted by Crippen LogP contribution is 2.30. The average molecular weight is 527 g/mol. The van der Waals surface area contributed by atoms with Crippen LogP contribution in [0.4, 0.5) is 0 Å². The maximum atomic E-state index is 13.3. The van der Waals surface area contributed by atoms with Gasteiger partial charge in [0.15, 0.2) is 0 Å². The lowest BCUT2D eigenvalue weighted by Gasteiger charge is -2.26. The number of amides is 1. The van der Waals surface area contributed by atoms with E-state index in [0.717, 1.165) is 28.7 Å². The molecular formula is C30H40NO5S-. The molecule has 1 N–H and O–H groups in total. The van der Waals surface area contributed by atoms with E-state index >= 15 is 0 Å². The summed E-state index contributed by atoms with van der Waals surface area (Å²) in [5.74, 6) is -0.392. The van der Waals surface area contributed by atoms with E-state index in [1.54, 1.807) is 13.2 Å². The Labute approximate surface area is 225 Å². The zero-order valence-electron chi connectivity index (χ0n) is 22.3. The fourth-order valence-corrected chi connectivity index (χ4v) is 5.55. The summed E-state index contributed by atoms with van der Waals surface area (Å²) < 4.78 is 11.8. The normalized spacial score (nSPS) is 15.8. The third-order valence-corrected chi connectivity index (χ3v) is 7.77. The summed E-state index contributed by atoms with van der Waals surface area (Å²) in [5.41, 5.74) is 4.11. The van der Waals surface area contributed by atoms with Crippen molar-refractivity contribution < 1.29 is 24.2 Å². The average Bonchev–Trinajstić information content (AvgIpc) is 2.90. The predicted octanol–water partition coefficient (Wildman–Crippen LogP) is 4.77. The van der Waals surface area contributed by atoms with Gasteiger partial charge in [-0.15, -0.1) is 0 Å². The van der Waals surface area contributed by atoms with Crippen LogP contribution in [0.5, 0.6) is 0 Å². The van der Waals surface area contributed by atoms with E-state index in [0.29, 0.717) is 36.9 Å². The van der Waals surface area contributed by atoms with Crippen LogP contribution >= 0.6 is 11.8 Å². The van der Waals surface area contributed by atoms with Crippen LogP contribution in [0.3, 0.4) is 0 Å². The van der Waals surface area contributed by atoms with E-state index in [-0.39, 0.29) is 6.10 Å². The molecule has 1 aliphatic rings. The van der Waals surface area contributed by atoms with Crippen LogP contribution in [0.25, 0.3) is 11.1 Å². The summed E-state index contributed by atoms with van der Waals surface area (Å²) >= 11 is 1.53. The Kier molecular flexibility index (Phi) is 12.0. The van der Waals surface area contributed by atoms with Crippen molar-refractivity contribution in [1.29, 1.82) is 0 Å². The number of nitrogens with one attached hydrogen (secondary N) is 1. The zero-order valence-corrected chi connectivity index (χ0v) is 23.1. The van der Waals surface area contributed by atoms with Crippen LogP contribution in [-0.4, -0.2) is 49.7 Å². The topological polar surface area (TPSA) is 87.7 Å². The first-order valence-electron chi connectivity index (χ1n) is 13.2. The third kappa shape index (κ3) is 8.87. The van der Waals surface area contributed by atoms with Gasteiger partial charge in [0.05, 0.1) is 31.3 Å². The molecular weight excluding hydrogens is 486 g/mol. The van der Waals surface area contributed by atoms with Crippen molar-refractivity contribution in [3.05, 3.63) is 59.2 Å². The van der Waals surface area contributed by atoms with Crippen molar-refractivity contribution in [2.24, 2.45) is 5.92 Å². The van der Waals surface area contributed by atoms with Gasteiger partial charge in [0.25, 0.3) is 5.91 Å². The van der Waals surface area contributed by atoms with Crippen LogP contribution in [0.2, 0.25) is 0 Å². The first-order chi connectivity index (χ1) is 17.9. The lowest BCUT2D eigenvalue weighted by atomic mass is 9.85. The lowest BCUT2D eigenvalue weighted by molar-refractivity contribution is -0.308. The minimum absolute atomic E-state index is 0.0262. The van der Waals surface area contributed by atoms with E-state index in [9.17, 15) is 14.7 Å². The summed E-state index contributed by atoms with van der Waals surface area (Å²) in [6.07, 6.45) is 9.67. The van der Waals surface area contributed by atoms with E-state index in [4.69, 9.17) is 9.47 Å². The van der Waals surface area contributed by atoms with Crippen molar-refractivity contribution in [2.75, 3.05) is 25.7 Å². The van der Waals surface area contributed by atoms with Gasteiger partial charge in [-0.2, -0.15) is 11.8 Å². The molecule has 37 heavy (non-hydrogen) atoms. The van der Waals surface area contributed by atoms with E-state index in [1.165, 1.54) is 43.9 Å².